The predicted octanol–water partition coefficient (Wildman–Crippen LogP) is 5.59. The molecule has 2 atom stereocenters. The minimum atomic E-state index is 0.494. The molecular formula is C16H30. The number of hydrogen-bond donors (Lipinski definition) is 0. The summed E-state index contributed by atoms with van der Waals surface area (Å²) in [7, 11) is 0. The maximum Gasteiger partial charge on any atom is -0.0178 e. The molecule has 0 aliphatic heterocycles. The van der Waals surface area contributed by atoms with Gasteiger partial charge in [-0.25, -0.2) is 0 Å². The highest BCUT2D eigenvalue weighted by Gasteiger charge is 2.30. The van der Waals surface area contributed by atoms with Gasteiger partial charge >= 0.3 is 0 Å². The van der Waals surface area contributed by atoms with E-state index in [1.54, 1.807) is 5.57 Å². The lowest BCUT2D eigenvalue weighted by atomic mass is 9.68. The first-order valence-electron chi connectivity index (χ1n) is 7.19. The van der Waals surface area contributed by atoms with Crippen molar-refractivity contribution in [1.29, 1.82) is 0 Å². The zero-order valence-electron chi connectivity index (χ0n) is 12.0. The summed E-state index contributed by atoms with van der Waals surface area (Å²) in [4.78, 5) is 0. The first-order valence-corrected chi connectivity index (χ1v) is 7.19. The molecule has 0 radical (unpaired) electrons. The Hall–Kier alpha value is -0.260. The van der Waals surface area contributed by atoms with Crippen LogP contribution in [0, 0.1) is 17.3 Å². The maximum absolute atomic E-state index is 2.56. The molecule has 1 aliphatic carbocycles. The third kappa shape index (κ3) is 3.37. The normalized spacial score (nSPS) is 27.8. The summed E-state index contributed by atoms with van der Waals surface area (Å²) in [5.74, 6) is 1.55. The average molecular weight is 222 g/mol. The molecule has 0 fully saturated rings. The van der Waals surface area contributed by atoms with Crippen LogP contribution in [-0.4, -0.2) is 0 Å². The van der Waals surface area contributed by atoms with E-state index >= 15 is 0 Å². The van der Waals surface area contributed by atoms with Crippen molar-refractivity contribution >= 4 is 0 Å². The van der Waals surface area contributed by atoms with E-state index in [0.29, 0.717) is 5.41 Å². The molecule has 0 aromatic heterocycles. The van der Waals surface area contributed by atoms with Crippen molar-refractivity contribution in [2.75, 3.05) is 0 Å². The van der Waals surface area contributed by atoms with Gasteiger partial charge in [0.1, 0.15) is 0 Å². The van der Waals surface area contributed by atoms with Gasteiger partial charge in [-0.1, -0.05) is 59.1 Å². The van der Waals surface area contributed by atoms with Gasteiger partial charge in [-0.15, -0.1) is 0 Å². The van der Waals surface area contributed by atoms with Crippen molar-refractivity contribution in [2.45, 2.75) is 73.1 Å². The summed E-state index contributed by atoms with van der Waals surface area (Å²) in [5, 5.41) is 0. The highest BCUT2D eigenvalue weighted by molar-refractivity contribution is 5.13. The largest absolute Gasteiger partial charge is 0.0848 e. The second-order valence-corrected chi connectivity index (χ2v) is 6.35. The van der Waals surface area contributed by atoms with Crippen molar-refractivity contribution < 1.29 is 0 Å². The van der Waals surface area contributed by atoms with E-state index in [2.05, 4.69) is 40.7 Å². The molecule has 0 aromatic rings. The van der Waals surface area contributed by atoms with Crippen molar-refractivity contribution in [1.82, 2.24) is 0 Å². The predicted molar refractivity (Wildman–Crippen MR) is 73.6 cm³/mol. The van der Waals surface area contributed by atoms with Crippen LogP contribution in [0.5, 0.6) is 0 Å². The van der Waals surface area contributed by atoms with E-state index in [4.69, 9.17) is 0 Å². The fourth-order valence-corrected chi connectivity index (χ4v) is 3.07. The third-order valence-electron chi connectivity index (χ3n) is 4.62. The van der Waals surface area contributed by atoms with Crippen LogP contribution < -0.4 is 0 Å². The van der Waals surface area contributed by atoms with Gasteiger partial charge in [-0.2, -0.15) is 0 Å². The number of allylic oxidation sites excluding steroid dienone is 2. The molecule has 0 N–H and O–H groups in total. The highest BCUT2D eigenvalue weighted by atomic mass is 14.4. The van der Waals surface area contributed by atoms with Crippen molar-refractivity contribution in [2.24, 2.45) is 17.3 Å². The first kappa shape index (κ1) is 13.8. The first-order chi connectivity index (χ1) is 7.49. The number of rotatable bonds is 3. The van der Waals surface area contributed by atoms with Gasteiger partial charge in [0.2, 0.25) is 0 Å². The van der Waals surface area contributed by atoms with E-state index < -0.39 is 0 Å². The molecule has 1 rings (SSSR count). The van der Waals surface area contributed by atoms with E-state index in [-0.39, 0.29) is 0 Å². The van der Waals surface area contributed by atoms with Gasteiger partial charge in [0.05, 0.1) is 0 Å². The molecule has 0 spiro atoms. The van der Waals surface area contributed by atoms with Gasteiger partial charge < -0.3 is 0 Å². The molecule has 0 saturated carbocycles. The molecule has 0 aromatic carbocycles. The lowest BCUT2D eigenvalue weighted by Gasteiger charge is -2.37. The monoisotopic (exact) mass is 222 g/mol. The minimum absolute atomic E-state index is 0.494. The van der Waals surface area contributed by atoms with Crippen molar-refractivity contribution in [3.8, 4) is 0 Å². The van der Waals surface area contributed by atoms with Gasteiger partial charge in [0, 0.05) is 0 Å². The smallest absolute Gasteiger partial charge is 0.0178 e. The molecule has 94 valence electrons. The molecule has 2 unspecified atom stereocenters. The Morgan fingerprint density at radius 1 is 1.38 bits per heavy atom. The zero-order chi connectivity index (χ0) is 12.2. The average Bonchev–Trinajstić information content (AvgIpc) is 2.21. The van der Waals surface area contributed by atoms with E-state index in [0.717, 1.165) is 11.8 Å². The fraction of sp³-hybridized carbons (Fsp3) is 0.875. The van der Waals surface area contributed by atoms with Crippen LogP contribution in [0.15, 0.2) is 11.6 Å². The van der Waals surface area contributed by atoms with Crippen LogP contribution in [0.3, 0.4) is 0 Å². The summed E-state index contributed by atoms with van der Waals surface area (Å²) in [5.41, 5.74) is 2.24. The Labute approximate surface area is 103 Å². The van der Waals surface area contributed by atoms with Gasteiger partial charge in [0.15, 0.2) is 0 Å². The third-order valence-corrected chi connectivity index (χ3v) is 4.62. The molecular weight excluding hydrogens is 192 g/mol. The molecule has 1 aliphatic rings. The Kier molecular flexibility index (Phi) is 5.08. The van der Waals surface area contributed by atoms with Crippen molar-refractivity contribution in [3.63, 3.8) is 0 Å². The lowest BCUT2D eigenvalue weighted by molar-refractivity contribution is 0.217. The second-order valence-electron chi connectivity index (χ2n) is 6.35. The second kappa shape index (κ2) is 5.89. The molecule has 0 bridgehead atoms. The SMILES string of the molecule is CCCC(C)C1=CCCCCC(C)(C)C1C. The zero-order valence-corrected chi connectivity index (χ0v) is 12.0. The molecule has 0 nitrogen and oxygen atoms in total. The van der Waals surface area contributed by atoms with Gasteiger partial charge in [0.25, 0.3) is 0 Å². The van der Waals surface area contributed by atoms with Crippen molar-refractivity contribution in [3.05, 3.63) is 11.6 Å². The Bertz CT molecular complexity index is 234. The summed E-state index contributed by atoms with van der Waals surface area (Å²) < 4.78 is 0. The Balaban J connectivity index is 2.84. The Morgan fingerprint density at radius 3 is 2.69 bits per heavy atom. The topological polar surface area (TPSA) is 0 Å². The van der Waals surface area contributed by atoms with E-state index in [9.17, 15) is 0 Å². The highest BCUT2D eigenvalue weighted by Crippen LogP contribution is 2.42. The lowest BCUT2D eigenvalue weighted by Crippen LogP contribution is -2.27. The van der Waals surface area contributed by atoms with Crippen LogP contribution in [0.25, 0.3) is 0 Å². The summed E-state index contributed by atoms with van der Waals surface area (Å²) in [6, 6.07) is 0. The quantitative estimate of drug-likeness (QED) is 0.546. The molecule has 0 heterocycles. The standard InChI is InChI=1S/C16H30/c1-6-10-13(2)15-11-8-7-9-12-16(4,5)14(15)3/h11,13-14H,6-10,12H2,1-5H3. The summed E-state index contributed by atoms with van der Waals surface area (Å²) >= 11 is 0. The van der Waals surface area contributed by atoms with Crippen LogP contribution in [0.1, 0.15) is 73.1 Å². The maximum atomic E-state index is 2.56. The van der Waals surface area contributed by atoms with Crippen LogP contribution >= 0.6 is 0 Å². The Morgan fingerprint density at radius 2 is 2.06 bits per heavy atom. The molecule has 0 saturated heterocycles. The summed E-state index contributed by atoms with van der Waals surface area (Å²) in [6.07, 6.45) is 10.7. The van der Waals surface area contributed by atoms with Crippen LogP contribution in [0.2, 0.25) is 0 Å². The summed E-state index contributed by atoms with van der Waals surface area (Å²) in [6.45, 7) is 12.1. The van der Waals surface area contributed by atoms with Crippen LogP contribution in [-0.2, 0) is 0 Å². The van der Waals surface area contributed by atoms with Gasteiger partial charge in [-0.05, 0) is 42.9 Å². The van der Waals surface area contributed by atoms with Gasteiger partial charge in [-0.3, -0.25) is 0 Å². The van der Waals surface area contributed by atoms with E-state index in [1.807, 2.05) is 0 Å². The van der Waals surface area contributed by atoms with E-state index in [1.165, 1.54) is 38.5 Å². The minimum Gasteiger partial charge on any atom is -0.0848 e. The van der Waals surface area contributed by atoms with Crippen LogP contribution in [0.4, 0.5) is 0 Å². The number of hydrogen-bond acceptors (Lipinski definition) is 0. The molecule has 16 heavy (non-hydrogen) atoms. The molecule has 0 heteroatoms. The fourth-order valence-electron chi connectivity index (χ4n) is 3.07. The molecule has 0 amide bonds.